The highest BCUT2D eigenvalue weighted by Gasteiger charge is 2.27. The van der Waals surface area contributed by atoms with E-state index in [9.17, 15) is 4.39 Å². The summed E-state index contributed by atoms with van der Waals surface area (Å²) in [6.07, 6.45) is 0. The van der Waals surface area contributed by atoms with E-state index in [1.54, 1.807) is 6.07 Å². The lowest BCUT2D eigenvalue weighted by Gasteiger charge is -2.43. The van der Waals surface area contributed by atoms with Crippen LogP contribution in [0.4, 0.5) is 10.1 Å². The van der Waals surface area contributed by atoms with E-state index in [1.807, 2.05) is 6.07 Å². The Balaban J connectivity index is 1.62. The van der Waals surface area contributed by atoms with Gasteiger partial charge in [0.2, 0.25) is 0 Å². The van der Waals surface area contributed by atoms with E-state index in [4.69, 9.17) is 11.6 Å². The fourth-order valence-corrected chi connectivity index (χ4v) is 2.73. The van der Waals surface area contributed by atoms with Crippen LogP contribution in [0.2, 0.25) is 5.02 Å². The Hall–Kier alpha value is -0.840. The summed E-state index contributed by atoms with van der Waals surface area (Å²) in [5.41, 5.74) is 1.02. The molecule has 2 fully saturated rings. The van der Waals surface area contributed by atoms with Crippen molar-refractivity contribution in [3.05, 3.63) is 29.0 Å². The van der Waals surface area contributed by atoms with Gasteiger partial charge in [-0.1, -0.05) is 11.6 Å². The summed E-state index contributed by atoms with van der Waals surface area (Å²) in [6, 6.07) is 5.68. The van der Waals surface area contributed by atoms with Gasteiger partial charge >= 0.3 is 0 Å². The van der Waals surface area contributed by atoms with Crippen LogP contribution in [0.15, 0.2) is 18.2 Å². The third-order valence-corrected chi connectivity index (χ3v) is 4.15. The number of rotatable bonds is 2. The van der Waals surface area contributed by atoms with Crippen molar-refractivity contribution in [2.75, 3.05) is 44.2 Å². The summed E-state index contributed by atoms with van der Waals surface area (Å²) in [5.74, 6) is -0.348. The minimum absolute atomic E-state index is 0.207. The highest BCUT2D eigenvalue weighted by molar-refractivity contribution is 6.31. The van der Waals surface area contributed by atoms with Crippen LogP contribution in [-0.4, -0.2) is 50.2 Å². The zero-order valence-corrected chi connectivity index (χ0v) is 11.0. The second-order valence-electron chi connectivity index (χ2n) is 4.93. The first-order chi connectivity index (χ1) is 8.74. The Morgan fingerprint density at radius 3 is 2.44 bits per heavy atom. The normalized spacial score (nSPS) is 22.0. The van der Waals surface area contributed by atoms with Gasteiger partial charge in [-0.2, -0.15) is 0 Å². The second kappa shape index (κ2) is 5.03. The molecule has 0 bridgehead atoms. The molecule has 2 aliphatic rings. The van der Waals surface area contributed by atoms with Crippen molar-refractivity contribution in [2.45, 2.75) is 6.04 Å². The van der Waals surface area contributed by atoms with Gasteiger partial charge in [0.25, 0.3) is 0 Å². The van der Waals surface area contributed by atoms with Crippen molar-refractivity contribution >= 4 is 17.3 Å². The number of hydrogen-bond donors (Lipinski definition) is 1. The van der Waals surface area contributed by atoms with Crippen molar-refractivity contribution in [1.82, 2.24) is 10.2 Å². The van der Waals surface area contributed by atoms with E-state index in [-0.39, 0.29) is 10.8 Å². The van der Waals surface area contributed by atoms with Gasteiger partial charge in [-0.05, 0) is 18.2 Å². The Bertz CT molecular complexity index is 428. The largest absolute Gasteiger partial charge is 0.369 e. The lowest BCUT2D eigenvalue weighted by molar-refractivity contribution is 0.138. The molecule has 98 valence electrons. The molecule has 3 nitrogen and oxygen atoms in total. The molecule has 1 aromatic carbocycles. The molecule has 3 rings (SSSR count). The van der Waals surface area contributed by atoms with Gasteiger partial charge in [0, 0.05) is 51.0 Å². The molecule has 1 N–H and O–H groups in total. The molecule has 0 radical (unpaired) electrons. The second-order valence-corrected chi connectivity index (χ2v) is 5.34. The van der Waals surface area contributed by atoms with Crippen LogP contribution in [0.1, 0.15) is 0 Å². The van der Waals surface area contributed by atoms with E-state index in [2.05, 4.69) is 15.1 Å². The Morgan fingerprint density at radius 2 is 1.89 bits per heavy atom. The van der Waals surface area contributed by atoms with Crippen molar-refractivity contribution in [1.29, 1.82) is 0 Å². The smallest absolute Gasteiger partial charge is 0.141 e. The van der Waals surface area contributed by atoms with E-state index in [1.165, 1.54) is 6.07 Å². The molecule has 2 aliphatic heterocycles. The van der Waals surface area contributed by atoms with Crippen LogP contribution in [0.5, 0.6) is 0 Å². The van der Waals surface area contributed by atoms with Gasteiger partial charge in [-0.25, -0.2) is 4.39 Å². The average molecular weight is 270 g/mol. The number of anilines is 1. The van der Waals surface area contributed by atoms with Crippen LogP contribution < -0.4 is 10.2 Å². The molecule has 0 saturated carbocycles. The fraction of sp³-hybridized carbons (Fsp3) is 0.538. The molecule has 0 spiro atoms. The van der Waals surface area contributed by atoms with Gasteiger partial charge in [0.05, 0.1) is 5.02 Å². The summed E-state index contributed by atoms with van der Waals surface area (Å²) in [5, 5.41) is 3.51. The number of nitrogens with zero attached hydrogens (tertiary/aromatic N) is 2. The Labute approximate surface area is 112 Å². The van der Waals surface area contributed by atoms with Crippen molar-refractivity contribution < 1.29 is 4.39 Å². The third kappa shape index (κ3) is 2.32. The van der Waals surface area contributed by atoms with Gasteiger partial charge in [-0.15, -0.1) is 0 Å². The Morgan fingerprint density at radius 1 is 1.17 bits per heavy atom. The van der Waals surface area contributed by atoms with Gasteiger partial charge in [0.1, 0.15) is 5.82 Å². The fourth-order valence-electron chi connectivity index (χ4n) is 2.56. The van der Waals surface area contributed by atoms with Crippen LogP contribution in [0.25, 0.3) is 0 Å². The van der Waals surface area contributed by atoms with E-state index in [0.29, 0.717) is 6.04 Å². The van der Waals surface area contributed by atoms with E-state index >= 15 is 0 Å². The monoisotopic (exact) mass is 269 g/mol. The predicted octanol–water partition coefficient (Wildman–Crippen LogP) is 1.57. The number of benzene rings is 1. The zero-order valence-electron chi connectivity index (χ0n) is 10.2. The summed E-state index contributed by atoms with van der Waals surface area (Å²) < 4.78 is 13.1. The topological polar surface area (TPSA) is 18.5 Å². The minimum Gasteiger partial charge on any atom is -0.369 e. The molecule has 2 saturated heterocycles. The van der Waals surface area contributed by atoms with Crippen LogP contribution in [0.3, 0.4) is 0 Å². The molecular formula is C13H17ClFN3. The van der Waals surface area contributed by atoms with Crippen LogP contribution >= 0.6 is 11.6 Å². The summed E-state index contributed by atoms with van der Waals surface area (Å²) in [7, 11) is 0. The first-order valence-corrected chi connectivity index (χ1v) is 6.76. The van der Waals surface area contributed by atoms with E-state index < -0.39 is 0 Å². The van der Waals surface area contributed by atoms with Gasteiger partial charge in [0.15, 0.2) is 0 Å². The first-order valence-electron chi connectivity index (χ1n) is 6.39. The average Bonchev–Trinajstić information content (AvgIpc) is 2.32. The van der Waals surface area contributed by atoms with Crippen molar-refractivity contribution in [2.24, 2.45) is 0 Å². The quantitative estimate of drug-likeness (QED) is 0.879. The van der Waals surface area contributed by atoms with E-state index in [0.717, 1.165) is 45.0 Å². The predicted molar refractivity (Wildman–Crippen MR) is 71.9 cm³/mol. The zero-order chi connectivity index (χ0) is 12.5. The molecule has 2 heterocycles. The minimum atomic E-state index is -0.348. The van der Waals surface area contributed by atoms with Gasteiger partial charge < -0.3 is 10.2 Å². The molecule has 0 aromatic heterocycles. The molecule has 18 heavy (non-hydrogen) atoms. The first kappa shape index (κ1) is 12.2. The Kier molecular flexibility index (Phi) is 3.41. The maximum absolute atomic E-state index is 13.1. The molecule has 1 aromatic rings. The molecule has 5 heteroatoms. The standard InChI is InChI=1S/C13H17ClFN3/c14-12-7-10(1-2-13(12)15)17-3-5-18(6-4-17)11-8-16-9-11/h1-2,7,11,16H,3-6,8-9H2. The number of piperazine rings is 1. The number of hydrogen-bond acceptors (Lipinski definition) is 3. The molecule has 0 amide bonds. The molecular weight excluding hydrogens is 253 g/mol. The highest BCUT2D eigenvalue weighted by atomic mass is 35.5. The highest BCUT2D eigenvalue weighted by Crippen LogP contribution is 2.24. The van der Waals surface area contributed by atoms with Gasteiger partial charge in [-0.3, -0.25) is 4.90 Å². The molecule has 0 unspecified atom stereocenters. The number of halogens is 2. The molecule has 0 aliphatic carbocycles. The summed E-state index contributed by atoms with van der Waals surface area (Å²) in [4.78, 5) is 4.80. The van der Waals surface area contributed by atoms with Crippen LogP contribution in [0, 0.1) is 5.82 Å². The lowest BCUT2D eigenvalue weighted by atomic mass is 10.1. The maximum Gasteiger partial charge on any atom is 0.141 e. The SMILES string of the molecule is Fc1ccc(N2CCN(C3CNC3)CC2)cc1Cl. The number of nitrogens with one attached hydrogen (secondary N) is 1. The lowest BCUT2D eigenvalue weighted by Crippen LogP contribution is -2.61. The maximum atomic E-state index is 13.1. The van der Waals surface area contributed by atoms with Crippen LogP contribution in [-0.2, 0) is 0 Å². The molecule has 0 atom stereocenters. The van der Waals surface area contributed by atoms with Crippen molar-refractivity contribution in [3.63, 3.8) is 0 Å². The summed E-state index contributed by atoms with van der Waals surface area (Å²) in [6.45, 7) is 6.34. The summed E-state index contributed by atoms with van der Waals surface area (Å²) >= 11 is 5.82. The third-order valence-electron chi connectivity index (χ3n) is 3.86. The van der Waals surface area contributed by atoms with Crippen molar-refractivity contribution in [3.8, 4) is 0 Å².